The van der Waals surface area contributed by atoms with Crippen LogP contribution >= 0.6 is 11.6 Å². The highest BCUT2D eigenvalue weighted by Gasteiger charge is 2.27. The second kappa shape index (κ2) is 12.4. The molecule has 9 nitrogen and oxygen atoms in total. The molecule has 11 heteroatoms. The zero-order valence-electron chi connectivity index (χ0n) is 20.7. The van der Waals surface area contributed by atoms with Crippen LogP contribution in [-0.2, 0) is 24.3 Å². The van der Waals surface area contributed by atoms with E-state index in [9.17, 15) is 22.8 Å². The van der Waals surface area contributed by atoms with Gasteiger partial charge >= 0.3 is 5.97 Å². The number of anilines is 3. The quantitative estimate of drug-likeness (QED) is 0.272. The molecular weight excluding hydrogens is 530 g/mol. The first kappa shape index (κ1) is 28.4. The third-order valence-corrected chi connectivity index (χ3v) is 7.29. The summed E-state index contributed by atoms with van der Waals surface area (Å²) < 4.78 is 33.2. The van der Waals surface area contributed by atoms with E-state index in [1.54, 1.807) is 48.5 Å². The first-order valence-corrected chi connectivity index (χ1v) is 13.2. The van der Waals surface area contributed by atoms with Crippen LogP contribution in [0.5, 0.6) is 0 Å². The van der Waals surface area contributed by atoms with Gasteiger partial charge in [-0.3, -0.25) is 13.9 Å². The van der Waals surface area contributed by atoms with Gasteiger partial charge in [0.25, 0.3) is 15.9 Å². The van der Waals surface area contributed by atoms with Crippen molar-refractivity contribution in [3.63, 3.8) is 0 Å². The summed E-state index contributed by atoms with van der Waals surface area (Å²) in [6, 6.07) is 18.2. The van der Waals surface area contributed by atoms with Crippen molar-refractivity contribution in [1.82, 2.24) is 0 Å². The Kier molecular flexibility index (Phi) is 9.27. The number of rotatable bonds is 10. The summed E-state index contributed by atoms with van der Waals surface area (Å²) in [5, 5.41) is 5.46. The van der Waals surface area contributed by atoms with E-state index < -0.39 is 28.0 Å². The molecule has 0 unspecified atom stereocenters. The van der Waals surface area contributed by atoms with Gasteiger partial charge in [0, 0.05) is 18.3 Å². The van der Waals surface area contributed by atoms with Gasteiger partial charge in [-0.25, -0.2) is 13.2 Å². The molecule has 3 aromatic rings. The van der Waals surface area contributed by atoms with Crippen LogP contribution in [0.1, 0.15) is 24.2 Å². The molecule has 198 valence electrons. The average Bonchev–Trinajstić information content (AvgIpc) is 2.88. The Bertz CT molecular complexity index is 1460. The van der Waals surface area contributed by atoms with Crippen molar-refractivity contribution >= 4 is 56.5 Å². The smallest absolute Gasteiger partial charge is 0.338 e. The predicted molar refractivity (Wildman–Crippen MR) is 147 cm³/mol. The second-order valence-corrected chi connectivity index (χ2v) is 10.4. The van der Waals surface area contributed by atoms with Gasteiger partial charge in [-0.2, -0.15) is 0 Å². The summed E-state index contributed by atoms with van der Waals surface area (Å²) >= 11 is 6.23. The molecular formula is C27H26ClN3O6S. The molecule has 2 amide bonds. The van der Waals surface area contributed by atoms with Gasteiger partial charge in [0.05, 0.1) is 27.7 Å². The van der Waals surface area contributed by atoms with Crippen LogP contribution in [0.4, 0.5) is 17.1 Å². The van der Waals surface area contributed by atoms with Gasteiger partial charge in [0.15, 0.2) is 6.10 Å². The van der Waals surface area contributed by atoms with E-state index >= 15 is 0 Å². The Labute approximate surface area is 226 Å². The normalized spacial score (nSPS) is 11.7. The van der Waals surface area contributed by atoms with E-state index in [0.29, 0.717) is 11.4 Å². The number of ether oxygens (including phenoxy) is 1. The van der Waals surface area contributed by atoms with E-state index in [0.717, 1.165) is 4.31 Å². The van der Waals surface area contributed by atoms with E-state index in [-0.39, 0.29) is 33.6 Å². The van der Waals surface area contributed by atoms with Gasteiger partial charge in [-0.05, 0) is 61.5 Å². The predicted octanol–water partition coefficient (Wildman–Crippen LogP) is 4.86. The van der Waals surface area contributed by atoms with Crippen LogP contribution in [0, 0.1) is 0 Å². The second-order valence-electron chi connectivity index (χ2n) is 8.10. The Balaban J connectivity index is 1.74. The highest BCUT2D eigenvalue weighted by Crippen LogP contribution is 2.30. The zero-order valence-corrected chi connectivity index (χ0v) is 22.3. The topological polar surface area (TPSA) is 122 Å². The molecule has 0 aliphatic rings. The molecule has 0 heterocycles. The van der Waals surface area contributed by atoms with Crippen LogP contribution in [-0.4, -0.2) is 38.9 Å². The lowest BCUT2D eigenvalue weighted by Crippen LogP contribution is -2.32. The number of nitrogens with zero attached hydrogens (tertiary/aromatic N) is 1. The fourth-order valence-electron chi connectivity index (χ4n) is 3.37. The van der Waals surface area contributed by atoms with Gasteiger partial charge in [-0.15, -0.1) is 6.58 Å². The number of hydrogen-bond donors (Lipinski definition) is 2. The van der Waals surface area contributed by atoms with E-state index in [2.05, 4.69) is 17.2 Å². The number of carbonyl (C=O) groups excluding carboxylic acids is 3. The largest absolute Gasteiger partial charge is 0.449 e. The minimum Gasteiger partial charge on any atom is -0.449 e. The van der Waals surface area contributed by atoms with Gasteiger partial charge < -0.3 is 15.4 Å². The standard InChI is InChI=1S/C27H26ClN3O6S/c1-4-16-31(25-11-6-5-10-24(25)28)38(35,36)23-9-7-8-20(17-23)27(34)37-18(2)26(33)30-22-14-12-21(13-15-22)29-19(3)32/h4-15,17-18H,1,16H2,2-3H3,(H,29,32)(H,30,33)/t18-/m1/s1. The van der Waals surface area contributed by atoms with Crippen molar-refractivity contribution in [3.8, 4) is 0 Å². The summed E-state index contributed by atoms with van der Waals surface area (Å²) in [7, 11) is -4.13. The van der Waals surface area contributed by atoms with Crippen LogP contribution in [0.3, 0.4) is 0 Å². The molecule has 0 bridgehead atoms. The third kappa shape index (κ3) is 6.99. The lowest BCUT2D eigenvalue weighted by atomic mass is 10.2. The Morgan fingerprint density at radius 1 is 1.00 bits per heavy atom. The summed E-state index contributed by atoms with van der Waals surface area (Å²) in [6.07, 6.45) is 0.241. The van der Waals surface area contributed by atoms with E-state index in [4.69, 9.17) is 16.3 Å². The van der Waals surface area contributed by atoms with Gasteiger partial charge in [0.2, 0.25) is 5.91 Å². The highest BCUT2D eigenvalue weighted by molar-refractivity contribution is 7.92. The maximum Gasteiger partial charge on any atom is 0.338 e. The number of amides is 2. The molecule has 0 aliphatic carbocycles. The molecule has 2 N–H and O–H groups in total. The number of hydrogen-bond acceptors (Lipinski definition) is 6. The summed E-state index contributed by atoms with van der Waals surface area (Å²) in [6.45, 7) is 6.35. The van der Waals surface area contributed by atoms with E-state index in [1.165, 1.54) is 44.2 Å². The molecule has 0 aromatic heterocycles. The molecule has 0 spiro atoms. The third-order valence-electron chi connectivity index (χ3n) is 5.20. The number of para-hydroxylation sites is 1. The molecule has 38 heavy (non-hydrogen) atoms. The van der Waals surface area contributed by atoms with Crippen molar-refractivity contribution in [2.24, 2.45) is 0 Å². The minimum atomic E-state index is -4.13. The van der Waals surface area contributed by atoms with Crippen LogP contribution in [0.2, 0.25) is 5.02 Å². The van der Waals surface area contributed by atoms with Crippen molar-refractivity contribution in [2.75, 3.05) is 21.5 Å². The van der Waals surface area contributed by atoms with Crippen LogP contribution in [0.15, 0.2) is 90.3 Å². The van der Waals surface area contributed by atoms with Crippen LogP contribution in [0.25, 0.3) is 0 Å². The SMILES string of the molecule is C=CCN(c1ccccc1Cl)S(=O)(=O)c1cccc(C(=O)O[C@H](C)C(=O)Nc2ccc(NC(C)=O)cc2)c1. The minimum absolute atomic E-state index is 0.0518. The molecule has 3 aromatic carbocycles. The number of benzene rings is 3. The van der Waals surface area contributed by atoms with E-state index in [1.807, 2.05) is 0 Å². The fraction of sp³-hybridized carbons (Fsp3) is 0.148. The Hall–Kier alpha value is -4.15. The number of nitrogens with one attached hydrogen (secondary N) is 2. The van der Waals surface area contributed by atoms with Crippen molar-refractivity contribution < 1.29 is 27.5 Å². The van der Waals surface area contributed by atoms with Crippen molar-refractivity contribution in [3.05, 3.63) is 96.0 Å². The highest BCUT2D eigenvalue weighted by atomic mass is 35.5. The molecule has 1 atom stereocenters. The molecule has 0 fully saturated rings. The first-order valence-electron chi connectivity index (χ1n) is 11.4. The molecule has 0 radical (unpaired) electrons. The van der Waals surface area contributed by atoms with Crippen molar-refractivity contribution in [2.45, 2.75) is 24.8 Å². The number of halogens is 1. The maximum atomic E-state index is 13.4. The fourth-order valence-corrected chi connectivity index (χ4v) is 5.16. The monoisotopic (exact) mass is 555 g/mol. The Morgan fingerprint density at radius 2 is 1.63 bits per heavy atom. The molecule has 0 aliphatic heterocycles. The molecule has 0 saturated heterocycles. The number of esters is 1. The maximum absolute atomic E-state index is 13.4. The zero-order chi connectivity index (χ0) is 27.9. The summed E-state index contributed by atoms with van der Waals surface area (Å²) in [4.78, 5) is 36.3. The van der Waals surface area contributed by atoms with Crippen molar-refractivity contribution in [1.29, 1.82) is 0 Å². The first-order chi connectivity index (χ1) is 18.0. The molecule has 3 rings (SSSR count). The number of sulfonamides is 1. The van der Waals surface area contributed by atoms with Gasteiger partial charge in [-0.1, -0.05) is 35.9 Å². The van der Waals surface area contributed by atoms with Crippen LogP contribution < -0.4 is 14.9 Å². The lowest BCUT2D eigenvalue weighted by molar-refractivity contribution is -0.123. The van der Waals surface area contributed by atoms with Gasteiger partial charge in [0.1, 0.15) is 0 Å². The molecule has 0 saturated carbocycles. The average molecular weight is 556 g/mol. The summed E-state index contributed by atoms with van der Waals surface area (Å²) in [5.74, 6) is -1.69. The number of carbonyl (C=O) groups is 3. The Morgan fingerprint density at radius 3 is 2.24 bits per heavy atom. The lowest BCUT2D eigenvalue weighted by Gasteiger charge is -2.24. The summed E-state index contributed by atoms with van der Waals surface area (Å²) in [5.41, 5.74) is 1.20.